The van der Waals surface area contributed by atoms with Gasteiger partial charge in [0.05, 0.1) is 0 Å². The normalized spacial score (nSPS) is 11.2. The molecular formula is C13H14. The van der Waals surface area contributed by atoms with Gasteiger partial charge in [-0.1, -0.05) is 50.3 Å². The first-order valence-electron chi connectivity index (χ1n) is 4.65. The lowest BCUT2D eigenvalue weighted by Crippen LogP contribution is -1.76. The van der Waals surface area contributed by atoms with E-state index in [2.05, 4.69) is 23.9 Å². The highest BCUT2D eigenvalue weighted by molar-refractivity contribution is 5.67. The van der Waals surface area contributed by atoms with Crippen LogP contribution in [-0.2, 0) is 0 Å². The van der Waals surface area contributed by atoms with E-state index in [0.717, 1.165) is 0 Å². The molecule has 0 aromatic heterocycles. The lowest BCUT2D eigenvalue weighted by atomic mass is 10.1. The van der Waals surface area contributed by atoms with Gasteiger partial charge in [0.2, 0.25) is 0 Å². The third-order valence-corrected chi connectivity index (χ3v) is 1.70. The van der Waals surface area contributed by atoms with Crippen molar-refractivity contribution in [3.8, 4) is 0 Å². The van der Waals surface area contributed by atoms with Crippen LogP contribution in [0.4, 0.5) is 0 Å². The topological polar surface area (TPSA) is 0 Å². The molecule has 0 spiro atoms. The van der Waals surface area contributed by atoms with Crippen molar-refractivity contribution in [2.75, 3.05) is 0 Å². The summed E-state index contributed by atoms with van der Waals surface area (Å²) in [7, 11) is 0. The molecule has 66 valence electrons. The molecule has 0 radical (unpaired) electrons. The Balaban J connectivity index is 0.000000396. The quantitative estimate of drug-likeness (QED) is 0.518. The molecule has 0 aliphatic heterocycles. The van der Waals surface area contributed by atoms with Crippen LogP contribution < -0.4 is 0 Å². The summed E-state index contributed by atoms with van der Waals surface area (Å²) in [4.78, 5) is 0. The molecule has 0 heterocycles. The summed E-state index contributed by atoms with van der Waals surface area (Å²) in [6.45, 7) is 4.00. The Morgan fingerprint density at radius 1 is 1.00 bits per heavy atom. The standard InChI is InChI=1S/C11H8.C2H6/c1-2-6-10-8-4-5-9-11(10)7-3-1;1-2/h1-2,4-9H;1-2H3. The van der Waals surface area contributed by atoms with Crippen LogP contribution in [0, 0.1) is 0 Å². The van der Waals surface area contributed by atoms with E-state index in [1.165, 1.54) is 11.1 Å². The van der Waals surface area contributed by atoms with Gasteiger partial charge in [0.1, 0.15) is 0 Å². The first-order chi connectivity index (χ1) is 6.47. The summed E-state index contributed by atoms with van der Waals surface area (Å²) < 4.78 is 0. The van der Waals surface area contributed by atoms with E-state index < -0.39 is 0 Å². The van der Waals surface area contributed by atoms with Gasteiger partial charge in [-0.25, -0.2) is 0 Å². The Bertz CT molecular complexity index is 350. The number of fused-ring (bicyclic) bond motifs is 1. The van der Waals surface area contributed by atoms with E-state index in [-0.39, 0.29) is 0 Å². The maximum Gasteiger partial charge on any atom is -0.0107 e. The van der Waals surface area contributed by atoms with Crippen LogP contribution in [0.25, 0.3) is 12.2 Å². The Morgan fingerprint density at radius 3 is 2.46 bits per heavy atom. The van der Waals surface area contributed by atoms with Crippen molar-refractivity contribution >= 4 is 12.2 Å². The Hall–Kier alpha value is -1.52. The largest absolute Gasteiger partial charge is 0.120 e. The molecule has 0 nitrogen and oxygen atoms in total. The molecular weight excluding hydrogens is 156 g/mol. The highest BCUT2D eigenvalue weighted by Crippen LogP contribution is 2.13. The number of hydrogen-bond donors (Lipinski definition) is 0. The molecule has 0 saturated carbocycles. The van der Waals surface area contributed by atoms with Crippen LogP contribution in [0.3, 0.4) is 0 Å². The zero-order valence-corrected chi connectivity index (χ0v) is 8.12. The Labute approximate surface area is 79.9 Å². The molecule has 0 fully saturated rings. The zero-order valence-electron chi connectivity index (χ0n) is 8.12. The number of allylic oxidation sites excluding steroid dienone is 2. The highest BCUT2D eigenvalue weighted by atomic mass is 14.0. The third-order valence-electron chi connectivity index (χ3n) is 1.70. The average Bonchev–Trinajstić information content (AvgIpc) is 2.45. The molecule has 0 bridgehead atoms. The minimum absolute atomic E-state index is 1.23. The summed E-state index contributed by atoms with van der Waals surface area (Å²) in [5.41, 5.74) is 5.56. The molecule has 0 amide bonds. The van der Waals surface area contributed by atoms with Gasteiger partial charge in [0, 0.05) is 0 Å². The fourth-order valence-electron chi connectivity index (χ4n) is 1.14. The highest BCUT2D eigenvalue weighted by Gasteiger charge is 1.93. The van der Waals surface area contributed by atoms with E-state index >= 15 is 0 Å². The first-order valence-corrected chi connectivity index (χ1v) is 4.65. The van der Waals surface area contributed by atoms with Crippen molar-refractivity contribution in [1.82, 2.24) is 0 Å². The lowest BCUT2D eigenvalue weighted by molar-refractivity contribution is 1.50. The number of hydrogen-bond acceptors (Lipinski definition) is 0. The summed E-state index contributed by atoms with van der Waals surface area (Å²) in [5, 5.41) is 0. The summed E-state index contributed by atoms with van der Waals surface area (Å²) in [6, 6.07) is 8.27. The van der Waals surface area contributed by atoms with Gasteiger partial charge in [-0.3, -0.25) is 0 Å². The molecule has 13 heavy (non-hydrogen) atoms. The van der Waals surface area contributed by atoms with Gasteiger partial charge in [-0.2, -0.15) is 0 Å². The van der Waals surface area contributed by atoms with E-state index in [4.69, 9.17) is 0 Å². The van der Waals surface area contributed by atoms with Crippen LogP contribution in [0.5, 0.6) is 0 Å². The number of benzene rings is 1. The van der Waals surface area contributed by atoms with Crippen molar-refractivity contribution < 1.29 is 0 Å². The predicted octanol–water partition coefficient (Wildman–Crippen LogP) is 3.91. The molecule has 0 heteroatoms. The molecule has 0 unspecified atom stereocenters. The predicted molar refractivity (Wildman–Crippen MR) is 59.4 cm³/mol. The van der Waals surface area contributed by atoms with Gasteiger partial charge >= 0.3 is 0 Å². The van der Waals surface area contributed by atoms with Gasteiger partial charge in [-0.15, -0.1) is 5.73 Å². The molecule has 2 rings (SSSR count). The van der Waals surface area contributed by atoms with Gasteiger partial charge in [0.25, 0.3) is 0 Å². The Morgan fingerprint density at radius 2 is 1.69 bits per heavy atom. The second kappa shape index (κ2) is 5.18. The average molecular weight is 170 g/mol. The summed E-state index contributed by atoms with van der Waals surface area (Å²) in [6.07, 6.45) is 8.00. The molecule has 0 atom stereocenters. The molecule has 0 N–H and O–H groups in total. The minimum atomic E-state index is 1.23. The second-order valence-corrected chi connectivity index (χ2v) is 2.47. The summed E-state index contributed by atoms with van der Waals surface area (Å²) in [5.74, 6) is 0. The smallest absolute Gasteiger partial charge is 0.0107 e. The minimum Gasteiger partial charge on any atom is -0.120 e. The molecule has 1 aliphatic rings. The van der Waals surface area contributed by atoms with Crippen molar-refractivity contribution in [1.29, 1.82) is 0 Å². The monoisotopic (exact) mass is 170 g/mol. The SMILES string of the molecule is C1=CC=Cc2ccccc2C=1.CC. The van der Waals surface area contributed by atoms with Crippen LogP contribution >= 0.6 is 0 Å². The van der Waals surface area contributed by atoms with E-state index in [1.807, 2.05) is 44.2 Å². The van der Waals surface area contributed by atoms with Gasteiger partial charge in [0.15, 0.2) is 0 Å². The second-order valence-electron chi connectivity index (χ2n) is 2.47. The lowest BCUT2D eigenvalue weighted by Gasteiger charge is -1.96. The fraction of sp³-hybridized carbons (Fsp3) is 0.154. The van der Waals surface area contributed by atoms with Crippen LogP contribution in [0.15, 0.2) is 42.1 Å². The van der Waals surface area contributed by atoms with Crippen molar-refractivity contribution in [2.24, 2.45) is 0 Å². The van der Waals surface area contributed by atoms with Crippen LogP contribution in [-0.4, -0.2) is 0 Å². The maximum absolute atomic E-state index is 3.07. The van der Waals surface area contributed by atoms with Crippen molar-refractivity contribution in [3.05, 3.63) is 53.3 Å². The van der Waals surface area contributed by atoms with E-state index in [0.29, 0.717) is 0 Å². The molecule has 1 aliphatic carbocycles. The first kappa shape index (κ1) is 9.57. The zero-order chi connectivity index (χ0) is 9.52. The van der Waals surface area contributed by atoms with Crippen LogP contribution in [0.1, 0.15) is 25.0 Å². The third kappa shape index (κ3) is 2.47. The maximum atomic E-state index is 3.07. The summed E-state index contributed by atoms with van der Waals surface area (Å²) >= 11 is 0. The Kier molecular flexibility index (Phi) is 3.81. The van der Waals surface area contributed by atoms with Crippen molar-refractivity contribution in [3.63, 3.8) is 0 Å². The van der Waals surface area contributed by atoms with Gasteiger partial charge < -0.3 is 0 Å². The fourth-order valence-corrected chi connectivity index (χ4v) is 1.14. The van der Waals surface area contributed by atoms with Crippen LogP contribution in [0.2, 0.25) is 0 Å². The van der Waals surface area contributed by atoms with Gasteiger partial charge in [-0.05, 0) is 23.3 Å². The van der Waals surface area contributed by atoms with Crippen molar-refractivity contribution in [2.45, 2.75) is 13.8 Å². The van der Waals surface area contributed by atoms with E-state index in [1.54, 1.807) is 0 Å². The molecule has 0 saturated heterocycles. The number of rotatable bonds is 0. The molecule has 1 aromatic carbocycles. The molecule has 1 aromatic rings. The van der Waals surface area contributed by atoms with E-state index in [9.17, 15) is 0 Å².